The molecule has 150 valence electrons. The van der Waals surface area contributed by atoms with Gasteiger partial charge in [-0.3, -0.25) is 0 Å². The SMILES string of the molecule is CN1CN(c2ccc(Cl)cc2-c2cccc(Cl)c2)C=C1C(O)c1ccc(C#N)cc1. The Hall–Kier alpha value is -2.97. The molecule has 0 aromatic heterocycles. The summed E-state index contributed by atoms with van der Waals surface area (Å²) in [5, 5.41) is 21.2. The van der Waals surface area contributed by atoms with Gasteiger partial charge in [-0.05, 0) is 53.6 Å². The van der Waals surface area contributed by atoms with E-state index in [9.17, 15) is 5.11 Å². The quantitative estimate of drug-likeness (QED) is 0.560. The number of halogens is 2. The second kappa shape index (κ2) is 8.41. The first-order chi connectivity index (χ1) is 14.5. The average molecular weight is 436 g/mol. The molecule has 1 aliphatic rings. The topological polar surface area (TPSA) is 50.5 Å². The van der Waals surface area contributed by atoms with Gasteiger partial charge in [0, 0.05) is 28.9 Å². The van der Waals surface area contributed by atoms with Gasteiger partial charge < -0.3 is 14.9 Å². The van der Waals surface area contributed by atoms with Crippen LogP contribution in [-0.2, 0) is 0 Å². The molecule has 6 heteroatoms. The summed E-state index contributed by atoms with van der Waals surface area (Å²) >= 11 is 12.5. The number of nitriles is 1. The minimum atomic E-state index is -0.797. The third-order valence-corrected chi connectivity index (χ3v) is 5.60. The minimum absolute atomic E-state index is 0.564. The second-order valence-corrected chi connectivity index (χ2v) is 8.04. The Bertz CT molecular complexity index is 1150. The van der Waals surface area contributed by atoms with E-state index in [0.717, 1.165) is 28.1 Å². The molecule has 0 radical (unpaired) electrons. The minimum Gasteiger partial charge on any atom is -0.382 e. The highest BCUT2D eigenvalue weighted by Crippen LogP contribution is 2.38. The zero-order valence-electron chi connectivity index (χ0n) is 16.3. The lowest BCUT2D eigenvalue weighted by atomic mass is 10.0. The van der Waals surface area contributed by atoms with E-state index in [1.165, 1.54) is 0 Å². The molecule has 4 nitrogen and oxygen atoms in total. The first-order valence-corrected chi connectivity index (χ1v) is 10.1. The van der Waals surface area contributed by atoms with E-state index in [1.54, 1.807) is 24.3 Å². The fourth-order valence-electron chi connectivity index (χ4n) is 3.59. The molecule has 30 heavy (non-hydrogen) atoms. The van der Waals surface area contributed by atoms with Crippen LogP contribution < -0.4 is 4.90 Å². The molecule has 0 spiro atoms. The van der Waals surface area contributed by atoms with E-state index in [0.29, 0.717) is 22.3 Å². The van der Waals surface area contributed by atoms with Gasteiger partial charge in [-0.15, -0.1) is 0 Å². The van der Waals surface area contributed by atoms with E-state index >= 15 is 0 Å². The molecule has 4 rings (SSSR count). The molecule has 0 fully saturated rings. The van der Waals surface area contributed by atoms with Crippen molar-refractivity contribution in [3.63, 3.8) is 0 Å². The smallest absolute Gasteiger partial charge is 0.120 e. The van der Waals surface area contributed by atoms with Gasteiger partial charge in [-0.25, -0.2) is 0 Å². The van der Waals surface area contributed by atoms with Crippen molar-refractivity contribution in [2.45, 2.75) is 6.10 Å². The van der Waals surface area contributed by atoms with Crippen molar-refractivity contribution in [3.8, 4) is 17.2 Å². The van der Waals surface area contributed by atoms with Crippen LogP contribution in [0.25, 0.3) is 11.1 Å². The number of rotatable bonds is 4. The number of nitrogens with zero attached hydrogens (tertiary/aromatic N) is 3. The van der Waals surface area contributed by atoms with Crippen molar-refractivity contribution in [1.82, 2.24) is 4.90 Å². The van der Waals surface area contributed by atoms with E-state index in [4.69, 9.17) is 28.5 Å². The molecule has 1 aliphatic heterocycles. The fourth-order valence-corrected chi connectivity index (χ4v) is 3.95. The van der Waals surface area contributed by atoms with Crippen LogP contribution in [0, 0.1) is 11.3 Å². The molecule has 1 heterocycles. The number of aliphatic hydroxyl groups is 1. The third-order valence-electron chi connectivity index (χ3n) is 5.13. The lowest BCUT2D eigenvalue weighted by Gasteiger charge is -2.23. The van der Waals surface area contributed by atoms with Gasteiger partial charge in [-0.1, -0.05) is 47.5 Å². The highest BCUT2D eigenvalue weighted by Gasteiger charge is 2.26. The molecule has 0 bridgehead atoms. The summed E-state index contributed by atoms with van der Waals surface area (Å²) < 4.78 is 0. The van der Waals surface area contributed by atoms with Crippen molar-refractivity contribution in [1.29, 1.82) is 5.26 Å². The normalized spacial score (nSPS) is 14.4. The lowest BCUT2D eigenvalue weighted by molar-refractivity contribution is 0.182. The molecule has 3 aromatic carbocycles. The Balaban J connectivity index is 1.70. The molecular formula is C24H19Cl2N3O. The second-order valence-electron chi connectivity index (χ2n) is 7.17. The zero-order chi connectivity index (χ0) is 21.3. The van der Waals surface area contributed by atoms with Crippen molar-refractivity contribution in [2.75, 3.05) is 18.6 Å². The van der Waals surface area contributed by atoms with E-state index < -0.39 is 6.10 Å². The average Bonchev–Trinajstić information content (AvgIpc) is 3.14. The Labute approximate surface area is 185 Å². The van der Waals surface area contributed by atoms with Gasteiger partial charge in [0.05, 0.1) is 29.7 Å². The Morgan fingerprint density at radius 3 is 2.43 bits per heavy atom. The fraction of sp³-hybridized carbons (Fsp3) is 0.125. The Morgan fingerprint density at radius 2 is 1.73 bits per heavy atom. The maximum Gasteiger partial charge on any atom is 0.120 e. The maximum absolute atomic E-state index is 10.9. The van der Waals surface area contributed by atoms with Gasteiger partial charge in [0.2, 0.25) is 0 Å². The zero-order valence-corrected chi connectivity index (χ0v) is 17.8. The standard InChI is InChI=1S/C24H19Cl2N3O/c1-28-15-29(14-23(28)24(30)17-7-5-16(13-27)6-8-17)22-10-9-20(26)12-21(22)18-3-2-4-19(25)11-18/h2-12,14,24,30H,15H2,1H3. The van der Waals surface area contributed by atoms with Crippen molar-refractivity contribution in [3.05, 3.63) is 99.8 Å². The number of anilines is 1. The van der Waals surface area contributed by atoms with Crippen LogP contribution in [0.2, 0.25) is 10.0 Å². The summed E-state index contributed by atoms with van der Waals surface area (Å²) in [5.41, 5.74) is 4.97. The number of hydrogen-bond acceptors (Lipinski definition) is 4. The molecule has 0 aliphatic carbocycles. The molecular weight excluding hydrogens is 417 g/mol. The Kier molecular flexibility index (Phi) is 5.69. The summed E-state index contributed by atoms with van der Waals surface area (Å²) in [5.74, 6) is 0. The predicted octanol–water partition coefficient (Wildman–Crippen LogP) is 5.82. The largest absolute Gasteiger partial charge is 0.382 e. The first-order valence-electron chi connectivity index (χ1n) is 9.39. The van der Waals surface area contributed by atoms with Crippen LogP contribution in [0.15, 0.2) is 78.6 Å². The van der Waals surface area contributed by atoms with Gasteiger partial charge in [-0.2, -0.15) is 5.26 Å². The third kappa shape index (κ3) is 4.01. The van der Waals surface area contributed by atoms with Gasteiger partial charge in [0.15, 0.2) is 0 Å². The van der Waals surface area contributed by atoms with Crippen LogP contribution in [-0.4, -0.2) is 23.7 Å². The van der Waals surface area contributed by atoms with E-state index in [2.05, 4.69) is 11.0 Å². The molecule has 1 atom stereocenters. The summed E-state index contributed by atoms with van der Waals surface area (Å²) in [4.78, 5) is 4.08. The highest BCUT2D eigenvalue weighted by atomic mass is 35.5. The van der Waals surface area contributed by atoms with Crippen molar-refractivity contribution >= 4 is 28.9 Å². The summed E-state index contributed by atoms with van der Waals surface area (Å²) in [6.07, 6.45) is 1.15. The van der Waals surface area contributed by atoms with Crippen LogP contribution in [0.5, 0.6) is 0 Å². The summed E-state index contributed by atoms with van der Waals surface area (Å²) in [6, 6.07) is 22.5. The van der Waals surface area contributed by atoms with Gasteiger partial charge in [0.1, 0.15) is 6.10 Å². The monoisotopic (exact) mass is 435 g/mol. The van der Waals surface area contributed by atoms with Crippen molar-refractivity contribution < 1.29 is 5.11 Å². The summed E-state index contributed by atoms with van der Waals surface area (Å²) in [7, 11) is 1.94. The molecule has 1 N–H and O–H groups in total. The summed E-state index contributed by atoms with van der Waals surface area (Å²) in [6.45, 7) is 0.581. The van der Waals surface area contributed by atoms with Gasteiger partial charge in [0.25, 0.3) is 0 Å². The van der Waals surface area contributed by atoms with Crippen LogP contribution in [0.1, 0.15) is 17.2 Å². The molecule has 1 unspecified atom stereocenters. The van der Waals surface area contributed by atoms with E-state index in [-0.39, 0.29) is 0 Å². The molecule has 3 aromatic rings. The lowest BCUT2D eigenvalue weighted by Crippen LogP contribution is -2.25. The molecule has 0 amide bonds. The number of hydrogen-bond donors (Lipinski definition) is 1. The first kappa shape index (κ1) is 20.3. The van der Waals surface area contributed by atoms with Crippen LogP contribution >= 0.6 is 23.2 Å². The number of likely N-dealkylation sites (N-methyl/N-ethyl adjacent to an activating group) is 1. The number of aliphatic hydroxyl groups excluding tert-OH is 1. The van der Waals surface area contributed by atoms with Gasteiger partial charge >= 0.3 is 0 Å². The molecule has 0 saturated heterocycles. The highest BCUT2D eigenvalue weighted by molar-refractivity contribution is 6.31. The van der Waals surface area contributed by atoms with E-state index in [1.807, 2.05) is 60.6 Å². The number of benzene rings is 3. The van der Waals surface area contributed by atoms with Crippen molar-refractivity contribution in [2.24, 2.45) is 0 Å². The predicted molar refractivity (Wildman–Crippen MR) is 121 cm³/mol. The maximum atomic E-state index is 10.9. The van der Waals surface area contributed by atoms with Crippen LogP contribution in [0.3, 0.4) is 0 Å². The van der Waals surface area contributed by atoms with Crippen LogP contribution in [0.4, 0.5) is 5.69 Å². The Morgan fingerprint density at radius 1 is 1.00 bits per heavy atom. The molecule has 0 saturated carbocycles.